The fraction of sp³-hybridized carbons (Fsp3) is 0.100. The number of benzene rings is 1. The van der Waals surface area contributed by atoms with E-state index in [1.165, 1.54) is 6.08 Å². The Kier molecular flexibility index (Phi) is 4.24. The lowest BCUT2D eigenvalue weighted by Gasteiger charge is -2.13. The predicted molar refractivity (Wildman–Crippen MR) is 63.3 cm³/mol. The second kappa shape index (κ2) is 5.46. The third-order valence-corrected chi connectivity index (χ3v) is 2.82. The van der Waals surface area contributed by atoms with Crippen molar-refractivity contribution in [2.45, 2.75) is 0 Å². The van der Waals surface area contributed by atoms with Gasteiger partial charge in [-0.15, -0.1) is 0 Å². The van der Waals surface area contributed by atoms with Crippen molar-refractivity contribution in [3.05, 3.63) is 42.0 Å². The SMILES string of the molecule is NS(=O)(=O)N(CC=Cc1ccccc1)C(=O)O. The summed E-state index contributed by atoms with van der Waals surface area (Å²) in [6, 6.07) is 9.07. The topological polar surface area (TPSA) is 101 Å². The first-order valence-corrected chi connectivity index (χ1v) is 6.16. The Morgan fingerprint density at radius 3 is 2.41 bits per heavy atom. The summed E-state index contributed by atoms with van der Waals surface area (Å²) in [5.41, 5.74) is 0.840. The van der Waals surface area contributed by atoms with Gasteiger partial charge in [-0.25, -0.2) is 9.93 Å². The van der Waals surface area contributed by atoms with Crippen molar-refractivity contribution in [2.75, 3.05) is 6.54 Å². The molecule has 17 heavy (non-hydrogen) atoms. The zero-order valence-corrected chi connectivity index (χ0v) is 9.67. The van der Waals surface area contributed by atoms with E-state index >= 15 is 0 Å². The summed E-state index contributed by atoms with van der Waals surface area (Å²) >= 11 is 0. The normalized spacial score (nSPS) is 11.6. The van der Waals surface area contributed by atoms with Crippen LogP contribution in [0.5, 0.6) is 0 Å². The van der Waals surface area contributed by atoms with Crippen molar-refractivity contribution in [3.63, 3.8) is 0 Å². The molecule has 92 valence electrons. The number of carbonyl (C=O) groups is 1. The van der Waals surface area contributed by atoms with E-state index in [-0.39, 0.29) is 10.8 Å². The maximum absolute atomic E-state index is 10.9. The number of nitrogens with two attached hydrogens (primary N) is 1. The van der Waals surface area contributed by atoms with Crippen LogP contribution in [0.3, 0.4) is 0 Å². The molecule has 0 fully saturated rings. The Hall–Kier alpha value is -1.86. The molecule has 1 rings (SSSR count). The van der Waals surface area contributed by atoms with Gasteiger partial charge in [0.1, 0.15) is 0 Å². The molecule has 0 bridgehead atoms. The van der Waals surface area contributed by atoms with Gasteiger partial charge in [-0.2, -0.15) is 12.7 Å². The summed E-state index contributed by atoms with van der Waals surface area (Å²) in [6.07, 6.45) is 1.42. The van der Waals surface area contributed by atoms with Gasteiger partial charge in [0, 0.05) is 0 Å². The highest BCUT2D eigenvalue weighted by atomic mass is 32.2. The molecule has 0 atom stereocenters. The van der Waals surface area contributed by atoms with Crippen molar-refractivity contribution in [3.8, 4) is 0 Å². The number of hydrogen-bond acceptors (Lipinski definition) is 3. The average molecular weight is 256 g/mol. The van der Waals surface area contributed by atoms with Crippen LogP contribution in [0, 0.1) is 0 Å². The number of nitrogens with zero attached hydrogens (tertiary/aromatic N) is 1. The minimum absolute atomic E-state index is 0.159. The van der Waals surface area contributed by atoms with E-state index in [1.54, 1.807) is 18.2 Å². The largest absolute Gasteiger partial charge is 0.464 e. The molecule has 1 amide bonds. The fourth-order valence-corrected chi connectivity index (χ4v) is 1.65. The molecule has 0 aliphatic carbocycles. The molecule has 0 radical (unpaired) electrons. The molecule has 0 spiro atoms. The predicted octanol–water partition coefficient (Wildman–Crippen LogP) is 0.883. The van der Waals surface area contributed by atoms with Gasteiger partial charge in [-0.3, -0.25) is 0 Å². The van der Waals surface area contributed by atoms with E-state index in [1.807, 2.05) is 18.2 Å². The summed E-state index contributed by atoms with van der Waals surface area (Å²) in [7, 11) is -4.24. The van der Waals surface area contributed by atoms with Gasteiger partial charge in [-0.1, -0.05) is 42.5 Å². The van der Waals surface area contributed by atoms with Gasteiger partial charge < -0.3 is 5.11 Å². The summed E-state index contributed by atoms with van der Waals surface area (Å²) in [4.78, 5) is 10.6. The molecule has 7 heteroatoms. The van der Waals surface area contributed by atoms with Crippen LogP contribution in [0.15, 0.2) is 36.4 Å². The maximum atomic E-state index is 10.9. The lowest BCUT2D eigenvalue weighted by atomic mass is 10.2. The molecular weight excluding hydrogens is 244 g/mol. The zero-order valence-electron chi connectivity index (χ0n) is 8.85. The number of rotatable bonds is 4. The Morgan fingerprint density at radius 1 is 1.35 bits per heavy atom. The smallest absolute Gasteiger partial charge is 0.422 e. The van der Waals surface area contributed by atoms with Crippen LogP contribution in [-0.2, 0) is 10.2 Å². The van der Waals surface area contributed by atoms with Crippen molar-refractivity contribution < 1.29 is 18.3 Å². The number of hydrogen-bond donors (Lipinski definition) is 2. The third kappa shape index (κ3) is 4.25. The van der Waals surface area contributed by atoms with Crippen LogP contribution in [0.1, 0.15) is 5.56 Å². The zero-order chi connectivity index (χ0) is 12.9. The van der Waals surface area contributed by atoms with Gasteiger partial charge in [0.15, 0.2) is 0 Å². The first kappa shape index (κ1) is 13.2. The molecule has 3 N–H and O–H groups in total. The minimum Gasteiger partial charge on any atom is -0.464 e. The van der Waals surface area contributed by atoms with Crippen LogP contribution in [0.2, 0.25) is 0 Å². The quantitative estimate of drug-likeness (QED) is 0.835. The lowest BCUT2D eigenvalue weighted by Crippen LogP contribution is -2.40. The highest BCUT2D eigenvalue weighted by molar-refractivity contribution is 7.87. The number of carboxylic acid groups (broad SMARTS) is 1. The highest BCUT2D eigenvalue weighted by Crippen LogP contribution is 2.02. The van der Waals surface area contributed by atoms with Crippen molar-refractivity contribution in [1.82, 2.24) is 4.31 Å². The Balaban J connectivity index is 2.72. The third-order valence-electron chi connectivity index (χ3n) is 1.90. The molecule has 0 unspecified atom stereocenters. The highest BCUT2D eigenvalue weighted by Gasteiger charge is 2.21. The maximum Gasteiger partial charge on any atom is 0.422 e. The molecule has 1 aromatic carbocycles. The van der Waals surface area contributed by atoms with Crippen LogP contribution in [0.25, 0.3) is 6.08 Å². The first-order chi connectivity index (χ1) is 7.91. The molecule has 6 nitrogen and oxygen atoms in total. The van der Waals surface area contributed by atoms with Crippen LogP contribution in [-0.4, -0.2) is 30.5 Å². The Morgan fingerprint density at radius 2 is 1.94 bits per heavy atom. The molecule has 0 aromatic heterocycles. The second-order valence-corrected chi connectivity index (χ2v) is 4.64. The Labute approximate surface area is 99.2 Å². The van der Waals surface area contributed by atoms with Gasteiger partial charge in [0.05, 0.1) is 6.54 Å². The molecule has 0 aliphatic heterocycles. The molecule has 0 saturated carbocycles. The molecule has 0 heterocycles. The van der Waals surface area contributed by atoms with Gasteiger partial charge >= 0.3 is 16.3 Å². The van der Waals surface area contributed by atoms with E-state index in [0.717, 1.165) is 5.56 Å². The minimum atomic E-state index is -4.24. The lowest BCUT2D eigenvalue weighted by molar-refractivity contribution is 0.175. The summed E-state index contributed by atoms with van der Waals surface area (Å²) in [5.74, 6) is 0. The molecule has 0 aliphatic rings. The van der Waals surface area contributed by atoms with E-state index in [4.69, 9.17) is 10.2 Å². The van der Waals surface area contributed by atoms with Crippen molar-refractivity contribution >= 4 is 22.4 Å². The van der Waals surface area contributed by atoms with Crippen molar-refractivity contribution in [1.29, 1.82) is 0 Å². The van der Waals surface area contributed by atoms with Crippen LogP contribution < -0.4 is 5.14 Å². The van der Waals surface area contributed by atoms with Gasteiger partial charge in [-0.05, 0) is 5.56 Å². The second-order valence-electron chi connectivity index (χ2n) is 3.17. The van der Waals surface area contributed by atoms with E-state index < -0.39 is 16.3 Å². The van der Waals surface area contributed by atoms with E-state index in [0.29, 0.717) is 0 Å². The van der Waals surface area contributed by atoms with Gasteiger partial charge in [0.25, 0.3) is 0 Å². The summed E-state index contributed by atoms with van der Waals surface area (Å²) in [5, 5.41) is 13.4. The molecule has 0 saturated heterocycles. The summed E-state index contributed by atoms with van der Waals surface area (Å²) in [6.45, 7) is -0.316. The van der Waals surface area contributed by atoms with Crippen LogP contribution >= 0.6 is 0 Å². The molecule has 1 aromatic rings. The van der Waals surface area contributed by atoms with Crippen molar-refractivity contribution in [2.24, 2.45) is 5.14 Å². The Bertz CT molecular complexity index is 510. The van der Waals surface area contributed by atoms with E-state index in [9.17, 15) is 13.2 Å². The summed E-state index contributed by atoms with van der Waals surface area (Å²) < 4.78 is 22.0. The van der Waals surface area contributed by atoms with E-state index in [2.05, 4.69) is 0 Å². The van der Waals surface area contributed by atoms with Gasteiger partial charge in [0.2, 0.25) is 0 Å². The number of amides is 1. The fourth-order valence-electron chi connectivity index (χ4n) is 1.14. The van der Waals surface area contributed by atoms with Crippen LogP contribution in [0.4, 0.5) is 4.79 Å². The molecular formula is C10H12N2O4S. The standard InChI is InChI=1S/C10H12N2O4S/c11-17(15,16)12(10(13)14)8-4-7-9-5-2-1-3-6-9/h1-7H,8H2,(H,13,14)(H2,11,15,16). The average Bonchev–Trinajstić information content (AvgIpc) is 2.23. The first-order valence-electron chi connectivity index (χ1n) is 4.66. The monoisotopic (exact) mass is 256 g/mol.